The van der Waals surface area contributed by atoms with Crippen LogP contribution in [-0.2, 0) is 10.1 Å². The zero-order chi connectivity index (χ0) is 8.36. The average Bonchev–Trinajstić information content (AvgIpc) is 1.60. The van der Waals surface area contributed by atoms with Gasteiger partial charge in [0.15, 0.2) is 0 Å². The Bertz CT molecular complexity index is 215. The Morgan fingerprint density at radius 1 is 1.70 bits per heavy atom. The topological polar surface area (TPSA) is 74.6 Å². The van der Waals surface area contributed by atoms with E-state index < -0.39 is 22.0 Å². The zero-order valence-electron chi connectivity index (χ0n) is 5.31. The Balaban J connectivity index is 4.07. The zero-order valence-corrected chi connectivity index (χ0v) is 6.94. The van der Waals surface area contributed by atoms with Crippen molar-refractivity contribution in [1.29, 1.82) is 0 Å². The first kappa shape index (κ1) is 9.96. The van der Waals surface area contributed by atoms with Crippen LogP contribution in [0, 0.1) is 0 Å². The van der Waals surface area contributed by atoms with Crippen LogP contribution < -0.4 is 0 Å². The number of hydrogen-bond acceptors (Lipinski definition) is 4. The van der Waals surface area contributed by atoms with Crippen LogP contribution in [0.25, 0.3) is 0 Å². The molecule has 4 nitrogen and oxygen atoms in total. The summed E-state index contributed by atoms with van der Waals surface area (Å²) in [6.07, 6.45) is -0.975. The molecule has 0 aliphatic heterocycles. The molecule has 0 aromatic heterocycles. The van der Waals surface area contributed by atoms with E-state index in [2.05, 4.69) is 12.2 Å². The Hall–Kier alpha value is -0.0400. The molecule has 1 atom stereocenters. The summed E-state index contributed by atoms with van der Waals surface area (Å²) in [6, 6.07) is 0. The van der Waals surface area contributed by atoms with Crippen molar-refractivity contribution in [3.63, 3.8) is 0 Å². The predicted octanol–water partition coefficient (Wildman–Crippen LogP) is -0.375. The highest BCUT2D eigenvalue weighted by Crippen LogP contribution is 1.92. The van der Waals surface area contributed by atoms with Gasteiger partial charge in [-0.25, -0.2) is 0 Å². The largest absolute Gasteiger partial charge is 0.388 e. The summed E-state index contributed by atoms with van der Waals surface area (Å²) in [5.74, 6) is -0.653. The highest BCUT2D eigenvalue weighted by atomic mass is 32.2. The summed E-state index contributed by atoms with van der Waals surface area (Å²) in [7, 11) is -4.07. The maximum atomic E-state index is 10.1. The molecule has 2 N–H and O–H groups in total. The summed E-state index contributed by atoms with van der Waals surface area (Å²) in [6.45, 7) is 1.34. The van der Waals surface area contributed by atoms with Crippen LogP contribution in [0.5, 0.6) is 0 Å². The van der Waals surface area contributed by atoms with Crippen molar-refractivity contribution in [3.05, 3.63) is 0 Å². The average molecular weight is 184 g/mol. The minimum absolute atomic E-state index is 0.0810. The van der Waals surface area contributed by atoms with Gasteiger partial charge in [-0.3, -0.25) is 4.55 Å². The Labute approximate surface area is 64.6 Å². The molecule has 60 valence electrons. The molecular weight excluding hydrogens is 176 g/mol. The van der Waals surface area contributed by atoms with Crippen LogP contribution in [-0.4, -0.2) is 34.8 Å². The van der Waals surface area contributed by atoms with Crippen molar-refractivity contribution in [2.45, 2.75) is 13.0 Å². The molecular formula is C4H8O4S2. The molecule has 1 unspecified atom stereocenters. The fourth-order valence-electron chi connectivity index (χ4n) is 0.300. The SMILES string of the molecule is CC(O)C(=S)CS(=O)(=O)O. The molecule has 10 heavy (non-hydrogen) atoms. The smallest absolute Gasteiger partial charge is 0.269 e. The number of aliphatic hydroxyl groups is 1. The fraction of sp³-hybridized carbons (Fsp3) is 0.750. The molecule has 0 bridgehead atoms. The second-order valence-corrected chi connectivity index (χ2v) is 3.85. The second kappa shape index (κ2) is 3.38. The third kappa shape index (κ3) is 4.80. The molecule has 0 saturated heterocycles. The van der Waals surface area contributed by atoms with Crippen LogP contribution in [0.4, 0.5) is 0 Å². The first-order valence-corrected chi connectivity index (χ1v) is 4.50. The van der Waals surface area contributed by atoms with E-state index in [1.807, 2.05) is 0 Å². The fourth-order valence-corrected chi connectivity index (χ4v) is 1.35. The Morgan fingerprint density at radius 3 is 2.20 bits per heavy atom. The van der Waals surface area contributed by atoms with E-state index in [-0.39, 0.29) is 4.86 Å². The Kier molecular flexibility index (Phi) is 3.37. The molecule has 0 spiro atoms. The van der Waals surface area contributed by atoms with Crippen LogP contribution in [0.3, 0.4) is 0 Å². The lowest BCUT2D eigenvalue weighted by Gasteiger charge is -2.02. The molecule has 0 radical (unpaired) electrons. The van der Waals surface area contributed by atoms with Gasteiger partial charge in [-0.05, 0) is 6.92 Å². The van der Waals surface area contributed by atoms with E-state index in [0.29, 0.717) is 0 Å². The molecule has 0 aliphatic carbocycles. The van der Waals surface area contributed by atoms with Gasteiger partial charge < -0.3 is 5.11 Å². The van der Waals surface area contributed by atoms with Crippen molar-refractivity contribution < 1.29 is 18.1 Å². The molecule has 0 saturated carbocycles. The summed E-state index contributed by atoms with van der Waals surface area (Å²) < 4.78 is 28.4. The first-order valence-electron chi connectivity index (χ1n) is 2.49. The van der Waals surface area contributed by atoms with E-state index in [1.54, 1.807) is 0 Å². The maximum Gasteiger partial charge on any atom is 0.269 e. The molecule has 6 heteroatoms. The summed E-state index contributed by atoms with van der Waals surface area (Å²) in [5, 5.41) is 8.67. The van der Waals surface area contributed by atoms with Gasteiger partial charge in [0, 0.05) is 4.86 Å². The molecule has 0 aromatic rings. The number of thiocarbonyl (C=S) groups is 1. The number of rotatable bonds is 3. The lowest BCUT2D eigenvalue weighted by atomic mass is 10.3. The van der Waals surface area contributed by atoms with E-state index >= 15 is 0 Å². The number of hydrogen-bond donors (Lipinski definition) is 2. The maximum absolute atomic E-state index is 10.1. The normalized spacial score (nSPS) is 14.7. The lowest BCUT2D eigenvalue weighted by molar-refractivity contribution is 0.264. The van der Waals surface area contributed by atoms with E-state index in [4.69, 9.17) is 9.66 Å². The van der Waals surface area contributed by atoms with Gasteiger partial charge in [0.05, 0.1) is 6.10 Å². The number of aliphatic hydroxyl groups excluding tert-OH is 1. The summed E-state index contributed by atoms with van der Waals surface area (Å²) in [5.41, 5.74) is 0. The molecule has 0 heterocycles. The van der Waals surface area contributed by atoms with Gasteiger partial charge in [0.1, 0.15) is 5.75 Å². The summed E-state index contributed by atoms with van der Waals surface area (Å²) >= 11 is 4.44. The van der Waals surface area contributed by atoms with Crippen molar-refractivity contribution in [1.82, 2.24) is 0 Å². The third-order valence-corrected chi connectivity index (χ3v) is 2.13. The van der Waals surface area contributed by atoms with Gasteiger partial charge in [-0.1, -0.05) is 12.2 Å². The van der Waals surface area contributed by atoms with Crippen LogP contribution in [0.15, 0.2) is 0 Å². The van der Waals surface area contributed by atoms with Crippen LogP contribution in [0.2, 0.25) is 0 Å². The molecule has 0 aromatic carbocycles. The van der Waals surface area contributed by atoms with Crippen LogP contribution in [0.1, 0.15) is 6.92 Å². The Morgan fingerprint density at radius 2 is 2.10 bits per heavy atom. The minimum Gasteiger partial charge on any atom is -0.388 e. The first-order chi connectivity index (χ1) is 4.33. The third-order valence-electron chi connectivity index (χ3n) is 0.791. The van der Waals surface area contributed by atoms with Gasteiger partial charge in [-0.15, -0.1) is 0 Å². The molecule has 0 rings (SSSR count). The molecule has 0 aliphatic rings. The van der Waals surface area contributed by atoms with E-state index in [0.717, 1.165) is 0 Å². The highest BCUT2D eigenvalue weighted by molar-refractivity contribution is 7.89. The monoisotopic (exact) mass is 184 g/mol. The summed E-state index contributed by atoms with van der Waals surface area (Å²) in [4.78, 5) is -0.0810. The van der Waals surface area contributed by atoms with Crippen LogP contribution >= 0.6 is 12.2 Å². The van der Waals surface area contributed by atoms with Crippen molar-refractivity contribution in [2.24, 2.45) is 0 Å². The van der Waals surface area contributed by atoms with Gasteiger partial charge >= 0.3 is 0 Å². The van der Waals surface area contributed by atoms with E-state index in [1.165, 1.54) is 6.92 Å². The van der Waals surface area contributed by atoms with Crippen molar-refractivity contribution in [2.75, 3.05) is 5.75 Å². The minimum atomic E-state index is -4.07. The predicted molar refractivity (Wildman–Crippen MR) is 40.7 cm³/mol. The highest BCUT2D eigenvalue weighted by Gasteiger charge is 2.12. The lowest BCUT2D eigenvalue weighted by Crippen LogP contribution is -2.23. The second-order valence-electron chi connectivity index (χ2n) is 1.87. The molecule has 0 fully saturated rings. The van der Waals surface area contributed by atoms with E-state index in [9.17, 15) is 8.42 Å². The van der Waals surface area contributed by atoms with Crippen molar-refractivity contribution >= 4 is 27.2 Å². The van der Waals surface area contributed by atoms with Gasteiger partial charge in [0.25, 0.3) is 10.1 Å². The van der Waals surface area contributed by atoms with Crippen molar-refractivity contribution in [3.8, 4) is 0 Å². The van der Waals surface area contributed by atoms with Gasteiger partial charge in [-0.2, -0.15) is 8.42 Å². The quantitative estimate of drug-likeness (QED) is 0.462. The van der Waals surface area contributed by atoms with Gasteiger partial charge in [0.2, 0.25) is 0 Å². The molecule has 0 amide bonds. The standard InChI is InChI=1S/C4H8O4S2/c1-3(5)4(9)2-10(6,7)8/h3,5H,2H2,1H3,(H,6,7,8).